The van der Waals surface area contributed by atoms with Gasteiger partial charge in [-0.05, 0) is 30.3 Å². The number of rotatable bonds is 8. The molecule has 0 saturated heterocycles. The molecule has 0 aliphatic rings. The quantitative estimate of drug-likeness (QED) is 0.616. The molecule has 2 aromatic carbocycles. The molecule has 0 bridgehead atoms. The van der Waals surface area contributed by atoms with Crippen LogP contribution in [0.4, 0.5) is 5.69 Å². The molecule has 3 rings (SSSR count). The Morgan fingerprint density at radius 2 is 1.93 bits per heavy atom. The SMILES string of the molecule is COc1ccc(OC)c(NC(=O)COc2cccc(-c3nc(C(C)C)no3)c2)c1. The first-order valence-corrected chi connectivity index (χ1v) is 9.09. The van der Waals surface area contributed by atoms with Gasteiger partial charge in [-0.1, -0.05) is 25.1 Å². The maximum absolute atomic E-state index is 12.3. The van der Waals surface area contributed by atoms with Crippen molar-refractivity contribution in [2.75, 3.05) is 26.1 Å². The number of nitrogens with one attached hydrogen (secondary N) is 1. The van der Waals surface area contributed by atoms with Gasteiger partial charge in [0.15, 0.2) is 12.4 Å². The van der Waals surface area contributed by atoms with Crippen molar-refractivity contribution < 1.29 is 23.5 Å². The number of carbonyl (C=O) groups is 1. The number of ether oxygens (including phenoxy) is 3. The molecule has 0 aliphatic carbocycles. The van der Waals surface area contributed by atoms with Gasteiger partial charge in [-0.15, -0.1) is 0 Å². The number of hydrogen-bond donors (Lipinski definition) is 1. The highest BCUT2D eigenvalue weighted by Crippen LogP contribution is 2.29. The number of aromatic nitrogens is 2. The standard InChI is InChI=1S/C21H23N3O5/c1-13(2)20-23-21(29-24-20)14-6-5-7-16(10-14)28-12-19(25)22-17-11-15(26-3)8-9-18(17)27-4/h5-11,13H,12H2,1-4H3,(H,22,25). The van der Waals surface area contributed by atoms with E-state index in [1.807, 2.05) is 19.9 Å². The zero-order valence-corrected chi connectivity index (χ0v) is 16.8. The molecule has 1 heterocycles. The smallest absolute Gasteiger partial charge is 0.262 e. The van der Waals surface area contributed by atoms with E-state index >= 15 is 0 Å². The summed E-state index contributed by atoms with van der Waals surface area (Å²) < 4.78 is 21.3. The number of benzene rings is 2. The van der Waals surface area contributed by atoms with Crippen molar-refractivity contribution in [3.63, 3.8) is 0 Å². The van der Waals surface area contributed by atoms with E-state index in [2.05, 4.69) is 15.5 Å². The van der Waals surface area contributed by atoms with Gasteiger partial charge in [0.2, 0.25) is 0 Å². The molecule has 0 fully saturated rings. The second-order valence-corrected chi connectivity index (χ2v) is 6.54. The van der Waals surface area contributed by atoms with E-state index in [1.165, 1.54) is 7.11 Å². The van der Waals surface area contributed by atoms with Crippen LogP contribution < -0.4 is 19.5 Å². The van der Waals surface area contributed by atoms with Crippen molar-refractivity contribution in [1.29, 1.82) is 0 Å². The third-order valence-corrected chi connectivity index (χ3v) is 4.09. The van der Waals surface area contributed by atoms with E-state index in [9.17, 15) is 4.79 Å². The van der Waals surface area contributed by atoms with Gasteiger partial charge in [0.05, 0.1) is 19.9 Å². The van der Waals surface area contributed by atoms with Gasteiger partial charge in [-0.3, -0.25) is 4.79 Å². The summed E-state index contributed by atoms with van der Waals surface area (Å²) in [6.45, 7) is 3.80. The summed E-state index contributed by atoms with van der Waals surface area (Å²) in [7, 11) is 3.08. The Labute approximate surface area is 168 Å². The van der Waals surface area contributed by atoms with E-state index < -0.39 is 0 Å². The summed E-state index contributed by atoms with van der Waals surface area (Å²) >= 11 is 0. The lowest BCUT2D eigenvalue weighted by Gasteiger charge is -2.12. The van der Waals surface area contributed by atoms with Crippen LogP contribution in [-0.2, 0) is 4.79 Å². The number of anilines is 1. The molecule has 0 aliphatic heterocycles. The molecular formula is C21H23N3O5. The molecule has 1 amide bonds. The summed E-state index contributed by atoms with van der Waals surface area (Å²) in [6, 6.07) is 12.3. The minimum atomic E-state index is -0.332. The second-order valence-electron chi connectivity index (χ2n) is 6.54. The lowest BCUT2D eigenvalue weighted by atomic mass is 10.2. The zero-order chi connectivity index (χ0) is 20.8. The Hall–Kier alpha value is -3.55. The van der Waals surface area contributed by atoms with Crippen molar-refractivity contribution in [3.8, 4) is 28.7 Å². The Balaban J connectivity index is 1.65. The highest BCUT2D eigenvalue weighted by Gasteiger charge is 2.13. The lowest BCUT2D eigenvalue weighted by molar-refractivity contribution is -0.118. The summed E-state index contributed by atoms with van der Waals surface area (Å²) in [5.41, 5.74) is 1.22. The molecule has 152 valence electrons. The largest absolute Gasteiger partial charge is 0.497 e. The number of carbonyl (C=O) groups excluding carboxylic acids is 1. The van der Waals surface area contributed by atoms with Crippen LogP contribution in [0.25, 0.3) is 11.5 Å². The normalized spacial score (nSPS) is 10.7. The van der Waals surface area contributed by atoms with Gasteiger partial charge >= 0.3 is 0 Å². The molecule has 1 N–H and O–H groups in total. The van der Waals surface area contributed by atoms with Crippen LogP contribution in [-0.4, -0.2) is 36.9 Å². The maximum Gasteiger partial charge on any atom is 0.262 e. The molecule has 0 atom stereocenters. The molecule has 0 spiro atoms. The fourth-order valence-corrected chi connectivity index (χ4v) is 2.55. The van der Waals surface area contributed by atoms with E-state index in [0.717, 1.165) is 5.56 Å². The highest BCUT2D eigenvalue weighted by molar-refractivity contribution is 5.93. The molecule has 1 aromatic heterocycles. The summed E-state index contributed by atoms with van der Waals surface area (Å²) in [6.07, 6.45) is 0. The van der Waals surface area contributed by atoms with Gasteiger partial charge in [-0.2, -0.15) is 4.98 Å². The van der Waals surface area contributed by atoms with E-state index in [1.54, 1.807) is 43.5 Å². The van der Waals surface area contributed by atoms with Crippen LogP contribution >= 0.6 is 0 Å². The number of hydrogen-bond acceptors (Lipinski definition) is 7. The molecule has 3 aromatic rings. The lowest BCUT2D eigenvalue weighted by Crippen LogP contribution is -2.20. The fraction of sp³-hybridized carbons (Fsp3) is 0.286. The van der Waals surface area contributed by atoms with Gasteiger partial charge in [-0.25, -0.2) is 0 Å². The molecule has 8 nitrogen and oxygen atoms in total. The Morgan fingerprint density at radius 3 is 2.62 bits per heavy atom. The van der Waals surface area contributed by atoms with Crippen LogP contribution in [0.15, 0.2) is 47.0 Å². The van der Waals surface area contributed by atoms with Crippen molar-refractivity contribution in [3.05, 3.63) is 48.3 Å². The monoisotopic (exact) mass is 397 g/mol. The predicted octanol–water partition coefficient (Wildman–Crippen LogP) is 3.89. The van der Waals surface area contributed by atoms with Crippen molar-refractivity contribution in [2.24, 2.45) is 0 Å². The van der Waals surface area contributed by atoms with Crippen LogP contribution in [0.2, 0.25) is 0 Å². The minimum absolute atomic E-state index is 0.171. The van der Waals surface area contributed by atoms with Gasteiger partial charge < -0.3 is 24.1 Å². The summed E-state index contributed by atoms with van der Waals surface area (Å²) in [5, 5.41) is 6.72. The third kappa shape index (κ3) is 5.04. The van der Waals surface area contributed by atoms with Gasteiger partial charge in [0, 0.05) is 17.5 Å². The first kappa shape index (κ1) is 20.2. The van der Waals surface area contributed by atoms with E-state index in [-0.39, 0.29) is 18.4 Å². The molecular weight excluding hydrogens is 374 g/mol. The molecule has 0 saturated carbocycles. The van der Waals surface area contributed by atoms with Gasteiger partial charge in [0.25, 0.3) is 11.8 Å². The van der Waals surface area contributed by atoms with Crippen LogP contribution in [0, 0.1) is 0 Å². The minimum Gasteiger partial charge on any atom is -0.497 e. The fourth-order valence-electron chi connectivity index (χ4n) is 2.55. The first-order chi connectivity index (χ1) is 14.0. The Morgan fingerprint density at radius 1 is 1.10 bits per heavy atom. The molecule has 0 unspecified atom stereocenters. The second kappa shape index (κ2) is 9.09. The highest BCUT2D eigenvalue weighted by atomic mass is 16.5. The Bertz CT molecular complexity index is 984. The predicted molar refractivity (Wildman–Crippen MR) is 107 cm³/mol. The van der Waals surface area contributed by atoms with E-state index in [0.29, 0.717) is 34.7 Å². The Kier molecular flexibility index (Phi) is 6.33. The number of nitrogens with zero attached hydrogens (tertiary/aromatic N) is 2. The maximum atomic E-state index is 12.3. The zero-order valence-electron chi connectivity index (χ0n) is 16.8. The average molecular weight is 397 g/mol. The number of amides is 1. The topological polar surface area (TPSA) is 95.7 Å². The summed E-state index contributed by atoms with van der Waals surface area (Å²) in [5.74, 6) is 2.53. The molecule has 29 heavy (non-hydrogen) atoms. The third-order valence-electron chi connectivity index (χ3n) is 4.09. The van der Waals surface area contributed by atoms with E-state index in [4.69, 9.17) is 18.7 Å². The van der Waals surface area contributed by atoms with Crippen molar-refractivity contribution in [1.82, 2.24) is 10.1 Å². The average Bonchev–Trinajstić information content (AvgIpc) is 3.23. The molecule has 8 heteroatoms. The molecule has 0 radical (unpaired) electrons. The number of methoxy groups -OCH3 is 2. The van der Waals surface area contributed by atoms with Crippen LogP contribution in [0.3, 0.4) is 0 Å². The summed E-state index contributed by atoms with van der Waals surface area (Å²) in [4.78, 5) is 16.7. The van der Waals surface area contributed by atoms with Crippen molar-refractivity contribution in [2.45, 2.75) is 19.8 Å². The van der Waals surface area contributed by atoms with Gasteiger partial charge in [0.1, 0.15) is 17.2 Å². The first-order valence-electron chi connectivity index (χ1n) is 9.09. The van der Waals surface area contributed by atoms with Crippen LogP contribution in [0.1, 0.15) is 25.6 Å². The van der Waals surface area contributed by atoms with Crippen molar-refractivity contribution >= 4 is 11.6 Å². The van der Waals surface area contributed by atoms with Crippen LogP contribution in [0.5, 0.6) is 17.2 Å².